The molecule has 7 heteroatoms. The largest absolute Gasteiger partial charge is 0.573 e. The number of halogens is 5. The second-order valence-electron chi connectivity index (χ2n) is 2.70. The number of ether oxygens (including phenoxy) is 2. The Kier molecular flexibility index (Phi) is 4.32. The zero-order valence-corrected chi connectivity index (χ0v) is 10.4. The van der Waals surface area contributed by atoms with E-state index in [1.54, 1.807) is 6.92 Å². The number of alkyl halides is 3. The Morgan fingerprint density at radius 2 is 2.00 bits per heavy atom. The van der Waals surface area contributed by atoms with Gasteiger partial charge in [0.2, 0.25) is 0 Å². The van der Waals surface area contributed by atoms with Crippen LogP contribution in [0.4, 0.5) is 13.2 Å². The first-order chi connectivity index (χ1) is 7.33. The Morgan fingerprint density at radius 1 is 1.38 bits per heavy atom. The van der Waals surface area contributed by atoms with Gasteiger partial charge >= 0.3 is 6.36 Å². The van der Waals surface area contributed by atoms with Crippen molar-refractivity contribution in [3.8, 4) is 11.5 Å². The van der Waals surface area contributed by atoms with Gasteiger partial charge < -0.3 is 9.47 Å². The number of benzene rings is 1. The van der Waals surface area contributed by atoms with E-state index in [0.29, 0.717) is 4.47 Å². The Labute approximate surface area is 103 Å². The van der Waals surface area contributed by atoms with Crippen LogP contribution in [-0.2, 0) is 0 Å². The van der Waals surface area contributed by atoms with Crippen LogP contribution in [0.15, 0.2) is 16.6 Å². The van der Waals surface area contributed by atoms with Gasteiger partial charge in [-0.15, -0.1) is 13.2 Å². The van der Waals surface area contributed by atoms with Crippen LogP contribution in [0.3, 0.4) is 0 Å². The summed E-state index contributed by atoms with van der Waals surface area (Å²) in [5, 5.41) is 0.0514. The van der Waals surface area contributed by atoms with E-state index in [0.717, 1.165) is 6.07 Å². The molecular formula is C9H7BrClF3O2. The van der Waals surface area contributed by atoms with Crippen LogP contribution in [0.5, 0.6) is 11.5 Å². The van der Waals surface area contributed by atoms with Crippen molar-refractivity contribution in [3.63, 3.8) is 0 Å². The first-order valence-electron chi connectivity index (χ1n) is 4.21. The van der Waals surface area contributed by atoms with Crippen molar-refractivity contribution >= 4 is 27.5 Å². The second kappa shape index (κ2) is 5.14. The van der Waals surface area contributed by atoms with E-state index in [9.17, 15) is 13.2 Å². The maximum Gasteiger partial charge on any atom is 0.573 e. The maximum atomic E-state index is 12.1. The van der Waals surface area contributed by atoms with Gasteiger partial charge in [-0.25, -0.2) is 0 Å². The Hall–Kier alpha value is -0.620. The van der Waals surface area contributed by atoms with Gasteiger partial charge in [-0.2, -0.15) is 0 Å². The number of rotatable bonds is 3. The predicted molar refractivity (Wildman–Crippen MR) is 57.0 cm³/mol. The lowest BCUT2D eigenvalue weighted by Crippen LogP contribution is -2.18. The monoisotopic (exact) mass is 318 g/mol. The number of hydrogen-bond acceptors (Lipinski definition) is 2. The molecule has 1 rings (SSSR count). The zero-order chi connectivity index (χ0) is 12.3. The molecule has 0 unspecified atom stereocenters. The third-order valence-electron chi connectivity index (χ3n) is 1.49. The van der Waals surface area contributed by atoms with Crippen LogP contribution in [0.2, 0.25) is 5.02 Å². The fourth-order valence-corrected chi connectivity index (χ4v) is 1.86. The van der Waals surface area contributed by atoms with Gasteiger partial charge in [-0.1, -0.05) is 27.5 Å². The molecule has 0 saturated carbocycles. The average molecular weight is 320 g/mol. The van der Waals surface area contributed by atoms with Gasteiger partial charge in [-0.3, -0.25) is 0 Å². The van der Waals surface area contributed by atoms with Crippen molar-refractivity contribution in [1.82, 2.24) is 0 Å². The highest BCUT2D eigenvalue weighted by Crippen LogP contribution is 2.40. The standard InChI is InChI=1S/C9H7BrClF3O2/c1-2-15-8-6(11)3-5(10)4-7(8)16-9(12,13)14/h3-4H,2H2,1H3. The van der Waals surface area contributed by atoms with E-state index < -0.39 is 12.1 Å². The molecule has 90 valence electrons. The molecule has 0 amide bonds. The van der Waals surface area contributed by atoms with E-state index in [2.05, 4.69) is 20.7 Å². The van der Waals surface area contributed by atoms with Gasteiger partial charge in [-0.05, 0) is 19.1 Å². The summed E-state index contributed by atoms with van der Waals surface area (Å²) in [7, 11) is 0. The van der Waals surface area contributed by atoms with Crippen LogP contribution in [0.1, 0.15) is 6.92 Å². The molecule has 16 heavy (non-hydrogen) atoms. The summed E-state index contributed by atoms with van der Waals surface area (Å²) in [6, 6.07) is 2.57. The molecule has 0 aliphatic carbocycles. The van der Waals surface area contributed by atoms with Crippen LogP contribution in [0, 0.1) is 0 Å². The molecule has 0 atom stereocenters. The molecule has 2 nitrogen and oxygen atoms in total. The van der Waals surface area contributed by atoms with Gasteiger partial charge in [0.25, 0.3) is 0 Å². The lowest BCUT2D eigenvalue weighted by molar-refractivity contribution is -0.275. The Morgan fingerprint density at radius 3 is 2.50 bits per heavy atom. The minimum atomic E-state index is -4.78. The van der Waals surface area contributed by atoms with Crippen molar-refractivity contribution in [3.05, 3.63) is 21.6 Å². The first kappa shape index (κ1) is 13.4. The highest BCUT2D eigenvalue weighted by Gasteiger charge is 2.33. The summed E-state index contributed by atoms with van der Waals surface area (Å²) in [6.45, 7) is 1.82. The van der Waals surface area contributed by atoms with Crippen molar-refractivity contribution in [2.24, 2.45) is 0 Å². The normalized spacial score (nSPS) is 11.4. The molecule has 0 saturated heterocycles. The van der Waals surface area contributed by atoms with Crippen molar-refractivity contribution in [1.29, 1.82) is 0 Å². The van der Waals surface area contributed by atoms with E-state index >= 15 is 0 Å². The molecule has 0 N–H and O–H groups in total. The van der Waals surface area contributed by atoms with Gasteiger partial charge in [0.15, 0.2) is 11.5 Å². The molecule has 1 aromatic rings. The SMILES string of the molecule is CCOc1c(Cl)cc(Br)cc1OC(F)(F)F. The molecule has 0 aliphatic heterocycles. The fraction of sp³-hybridized carbons (Fsp3) is 0.333. The third-order valence-corrected chi connectivity index (χ3v) is 2.23. The van der Waals surface area contributed by atoms with Gasteiger partial charge in [0, 0.05) is 4.47 Å². The molecule has 0 aromatic heterocycles. The summed E-state index contributed by atoms with van der Waals surface area (Å²) < 4.78 is 45.4. The van der Waals surface area contributed by atoms with Crippen LogP contribution in [0.25, 0.3) is 0 Å². The van der Waals surface area contributed by atoms with Gasteiger partial charge in [0.1, 0.15) is 0 Å². The molecule has 0 heterocycles. The molecule has 0 fully saturated rings. The Balaban J connectivity index is 3.13. The molecule has 0 aliphatic rings. The van der Waals surface area contributed by atoms with E-state index in [4.69, 9.17) is 16.3 Å². The highest BCUT2D eigenvalue weighted by atomic mass is 79.9. The van der Waals surface area contributed by atoms with Gasteiger partial charge in [0.05, 0.1) is 11.6 Å². The van der Waals surface area contributed by atoms with Crippen LogP contribution < -0.4 is 9.47 Å². The second-order valence-corrected chi connectivity index (χ2v) is 4.02. The van der Waals surface area contributed by atoms with E-state index in [1.165, 1.54) is 6.07 Å². The fourth-order valence-electron chi connectivity index (χ4n) is 1.02. The lowest BCUT2D eigenvalue weighted by Gasteiger charge is -2.14. The summed E-state index contributed by atoms with van der Waals surface area (Å²) in [4.78, 5) is 0. The number of hydrogen-bond donors (Lipinski definition) is 0. The quantitative estimate of drug-likeness (QED) is 0.822. The summed E-state index contributed by atoms with van der Waals surface area (Å²) in [5.74, 6) is -0.585. The zero-order valence-electron chi connectivity index (χ0n) is 8.07. The molecule has 0 spiro atoms. The molecule has 0 radical (unpaired) electrons. The average Bonchev–Trinajstić information content (AvgIpc) is 2.08. The summed E-state index contributed by atoms with van der Waals surface area (Å²) in [5.41, 5.74) is 0. The van der Waals surface area contributed by atoms with Crippen LogP contribution in [-0.4, -0.2) is 13.0 Å². The van der Waals surface area contributed by atoms with Crippen molar-refractivity contribution < 1.29 is 22.6 Å². The minimum absolute atomic E-state index is 0.0514. The summed E-state index contributed by atoms with van der Waals surface area (Å²) >= 11 is 8.76. The highest BCUT2D eigenvalue weighted by molar-refractivity contribution is 9.10. The summed E-state index contributed by atoms with van der Waals surface area (Å²) in [6.07, 6.45) is -4.78. The van der Waals surface area contributed by atoms with E-state index in [-0.39, 0.29) is 17.4 Å². The van der Waals surface area contributed by atoms with Crippen LogP contribution >= 0.6 is 27.5 Å². The topological polar surface area (TPSA) is 18.5 Å². The Bertz CT molecular complexity index is 382. The molecule has 1 aromatic carbocycles. The minimum Gasteiger partial charge on any atom is -0.488 e. The third kappa shape index (κ3) is 3.75. The van der Waals surface area contributed by atoms with Crippen molar-refractivity contribution in [2.45, 2.75) is 13.3 Å². The maximum absolute atomic E-state index is 12.1. The first-order valence-corrected chi connectivity index (χ1v) is 5.38. The smallest absolute Gasteiger partial charge is 0.488 e. The molecular weight excluding hydrogens is 312 g/mol. The lowest BCUT2D eigenvalue weighted by atomic mass is 10.3. The van der Waals surface area contributed by atoms with E-state index in [1.807, 2.05) is 0 Å². The molecule has 0 bridgehead atoms. The predicted octanol–water partition coefficient (Wildman–Crippen LogP) is 4.40. The van der Waals surface area contributed by atoms with Crippen molar-refractivity contribution in [2.75, 3.05) is 6.61 Å².